The van der Waals surface area contributed by atoms with Gasteiger partial charge >= 0.3 is 0 Å². The zero-order valence-corrected chi connectivity index (χ0v) is 43.7. The van der Waals surface area contributed by atoms with Crippen LogP contribution in [-0.2, 0) is 25.7 Å². The minimum atomic E-state index is 1.08. The molecule has 10 aromatic rings. The summed E-state index contributed by atoms with van der Waals surface area (Å²) in [5, 5.41) is 10.3. The van der Waals surface area contributed by atoms with Crippen LogP contribution in [0.5, 0.6) is 0 Å². The number of allylic oxidation sites excluding steroid dienone is 2. The molecule has 0 aliphatic heterocycles. The van der Waals surface area contributed by atoms with Gasteiger partial charge in [0.2, 0.25) is 0 Å². The molecule has 0 aromatic heterocycles. The van der Waals surface area contributed by atoms with Gasteiger partial charge < -0.3 is 9.80 Å². The van der Waals surface area contributed by atoms with Gasteiger partial charge in [-0.1, -0.05) is 175 Å². The van der Waals surface area contributed by atoms with E-state index in [0.29, 0.717) is 0 Å². The molecular weight excluding hydrogens is 869 g/mol. The molecule has 72 heavy (non-hydrogen) atoms. The Bertz CT molecular complexity index is 3410. The fourth-order valence-electron chi connectivity index (χ4n) is 11.3. The van der Waals surface area contributed by atoms with E-state index >= 15 is 0 Å². The summed E-state index contributed by atoms with van der Waals surface area (Å²) in [6.07, 6.45) is 13.8. The number of nitrogens with zero attached hydrogens (tertiary/aromatic N) is 2. The Morgan fingerprint density at radius 1 is 0.319 bits per heavy atom. The number of rotatable bonds is 20. The maximum absolute atomic E-state index is 2.52. The van der Waals surface area contributed by atoms with Crippen LogP contribution in [0, 0.1) is 0 Å². The largest absolute Gasteiger partial charge is 0.310 e. The lowest BCUT2D eigenvalue weighted by Crippen LogP contribution is -2.11. The van der Waals surface area contributed by atoms with Gasteiger partial charge in [0.15, 0.2) is 0 Å². The van der Waals surface area contributed by atoms with E-state index in [2.05, 4.69) is 233 Å². The number of benzene rings is 10. The molecule has 0 fully saturated rings. The molecule has 0 unspecified atom stereocenters. The molecule has 2 nitrogen and oxygen atoms in total. The normalized spacial score (nSPS) is 12.1. The number of unbranched alkanes of at least 4 members (excludes halogenated alkanes) is 4. The topological polar surface area (TPSA) is 6.48 Å². The Morgan fingerprint density at radius 2 is 0.667 bits per heavy atom. The van der Waals surface area contributed by atoms with Gasteiger partial charge in [-0.3, -0.25) is 0 Å². The first-order chi connectivity index (χ1) is 35.4. The molecule has 0 bridgehead atoms. The number of hydrogen-bond acceptors (Lipinski definition) is 2. The molecule has 0 aliphatic carbocycles. The second-order valence-electron chi connectivity index (χ2n) is 20.3. The highest BCUT2D eigenvalue weighted by Crippen LogP contribution is 2.47. The molecule has 0 aliphatic rings. The third-order valence-electron chi connectivity index (χ3n) is 15.3. The first-order valence-corrected chi connectivity index (χ1v) is 27.3. The van der Waals surface area contributed by atoms with Gasteiger partial charge in [0.1, 0.15) is 0 Å². The zero-order valence-electron chi connectivity index (χ0n) is 43.7. The Hall–Kier alpha value is -7.16. The number of hydrogen-bond donors (Lipinski definition) is 0. The van der Waals surface area contributed by atoms with E-state index in [1.807, 2.05) is 0 Å². The van der Waals surface area contributed by atoms with Gasteiger partial charge in [0.25, 0.3) is 0 Å². The third kappa shape index (κ3) is 9.77. The summed E-state index contributed by atoms with van der Waals surface area (Å²) in [5.74, 6) is 0. The smallest absolute Gasteiger partial charge is 0.0540 e. The summed E-state index contributed by atoms with van der Waals surface area (Å²) in [4.78, 5) is 5.03. The summed E-state index contributed by atoms with van der Waals surface area (Å²) < 4.78 is 0. The Balaban J connectivity index is 1.11. The van der Waals surface area contributed by atoms with Gasteiger partial charge in [-0.15, -0.1) is 0 Å². The van der Waals surface area contributed by atoms with Gasteiger partial charge in [0.05, 0.1) is 11.4 Å². The summed E-state index contributed by atoms with van der Waals surface area (Å²) in [5.41, 5.74) is 18.0. The first-order valence-electron chi connectivity index (χ1n) is 27.3. The van der Waals surface area contributed by atoms with Gasteiger partial charge in [-0.05, 0) is 203 Å². The highest BCUT2D eigenvalue weighted by Gasteiger charge is 2.22. The van der Waals surface area contributed by atoms with Crippen molar-refractivity contribution in [3.8, 4) is 0 Å². The molecule has 0 atom stereocenters. The van der Waals surface area contributed by atoms with Crippen LogP contribution in [-0.4, -0.2) is 0 Å². The van der Waals surface area contributed by atoms with Crippen LogP contribution in [0.1, 0.15) is 126 Å². The van der Waals surface area contributed by atoms with E-state index in [-0.39, 0.29) is 0 Å². The van der Waals surface area contributed by atoms with Crippen molar-refractivity contribution < 1.29 is 0 Å². The summed E-state index contributed by atoms with van der Waals surface area (Å²) in [7, 11) is 0. The molecule has 362 valence electrons. The summed E-state index contributed by atoms with van der Waals surface area (Å²) in [6.45, 7) is 13.8. The van der Waals surface area contributed by atoms with Gasteiger partial charge in [0, 0.05) is 33.5 Å². The summed E-state index contributed by atoms with van der Waals surface area (Å²) in [6, 6.07) is 69.8. The fraction of sp³-hybridized carbons (Fsp3) is 0.257. The fourth-order valence-corrected chi connectivity index (χ4v) is 11.3. The molecule has 0 N–H and O–H groups in total. The van der Waals surface area contributed by atoms with E-state index in [1.54, 1.807) is 0 Å². The maximum atomic E-state index is 2.52. The molecule has 0 saturated carbocycles. The van der Waals surface area contributed by atoms with Crippen molar-refractivity contribution in [2.75, 3.05) is 9.80 Å². The molecule has 0 radical (unpaired) electrons. The van der Waals surface area contributed by atoms with Crippen molar-refractivity contribution in [2.45, 2.75) is 119 Å². The predicted molar refractivity (Wildman–Crippen MR) is 316 cm³/mol. The quantitative estimate of drug-likeness (QED) is 0.0555. The predicted octanol–water partition coefficient (Wildman–Crippen LogP) is 21.0. The van der Waals surface area contributed by atoms with Crippen LogP contribution in [0.3, 0.4) is 0 Å². The van der Waals surface area contributed by atoms with Crippen LogP contribution in [0.25, 0.3) is 54.2 Å². The van der Waals surface area contributed by atoms with Crippen LogP contribution < -0.4 is 9.80 Å². The van der Waals surface area contributed by atoms with Crippen molar-refractivity contribution in [1.82, 2.24) is 0 Å². The van der Waals surface area contributed by atoms with E-state index in [1.165, 1.54) is 173 Å². The van der Waals surface area contributed by atoms with E-state index < -0.39 is 0 Å². The van der Waals surface area contributed by atoms with E-state index in [9.17, 15) is 0 Å². The molecule has 0 amide bonds. The van der Waals surface area contributed by atoms with Crippen LogP contribution >= 0.6 is 0 Å². The minimum Gasteiger partial charge on any atom is -0.310 e. The Kier molecular flexibility index (Phi) is 14.9. The first kappa shape index (κ1) is 48.5. The van der Waals surface area contributed by atoms with Crippen molar-refractivity contribution >= 4 is 88.4 Å². The SMILES string of the molecule is CCCCc1cccc(N(c2cccc(CCCC)c2)c2ccc(C(C)=C(C)c3ccc4ccc5c(N(c6cccc(CCCC)c6)c6cccc(CCCC)c6)ccc6ccc3c4c65)c3ccccc23)c1. The number of fused-ring (bicyclic) bond motifs is 1. The second-order valence-corrected chi connectivity index (χ2v) is 20.3. The Labute approximate surface area is 430 Å². The number of anilines is 6. The maximum Gasteiger partial charge on any atom is 0.0540 e. The van der Waals surface area contributed by atoms with E-state index in [4.69, 9.17) is 0 Å². The van der Waals surface area contributed by atoms with Crippen molar-refractivity contribution in [1.29, 1.82) is 0 Å². The molecule has 10 aromatic carbocycles. The third-order valence-corrected chi connectivity index (χ3v) is 15.3. The lowest BCUT2D eigenvalue weighted by atomic mass is 9.86. The second kappa shape index (κ2) is 22.1. The molecule has 10 rings (SSSR count). The molecule has 0 heterocycles. The average molecular weight is 941 g/mol. The van der Waals surface area contributed by atoms with Crippen molar-refractivity contribution in [3.05, 3.63) is 215 Å². The van der Waals surface area contributed by atoms with E-state index in [0.717, 1.165) is 25.7 Å². The Morgan fingerprint density at radius 3 is 1.12 bits per heavy atom. The number of aryl methyl sites for hydroxylation is 4. The molecule has 0 spiro atoms. The lowest BCUT2D eigenvalue weighted by molar-refractivity contribution is 0.794. The minimum absolute atomic E-state index is 1.08. The summed E-state index contributed by atoms with van der Waals surface area (Å²) >= 11 is 0. The van der Waals surface area contributed by atoms with Gasteiger partial charge in [-0.25, -0.2) is 0 Å². The van der Waals surface area contributed by atoms with Crippen LogP contribution in [0.15, 0.2) is 182 Å². The molecule has 0 saturated heterocycles. The zero-order chi connectivity index (χ0) is 49.6. The monoisotopic (exact) mass is 941 g/mol. The lowest BCUT2D eigenvalue weighted by Gasteiger charge is -2.29. The molecular formula is C70H72N2. The molecule has 2 heteroatoms. The average Bonchev–Trinajstić information content (AvgIpc) is 3.42. The van der Waals surface area contributed by atoms with Crippen LogP contribution in [0.4, 0.5) is 34.1 Å². The standard InChI is InChI=1S/C70H72N2/c1-7-11-21-51-25-17-29-57(45-51)71(58-30-18-26-52(46-58)22-12-8-2)67-44-42-61(63-33-15-16-34-64(63)67)49(5)50(6)62-39-35-55-37-41-66-68(43-38-56-36-40-65(62)69(55)70(56)66)72(59-31-19-27-53(47-59)23-13-9-3)60-32-20-28-54(48-60)24-14-10-4/h15-20,25-48H,7-14,21-24H2,1-6H3. The van der Waals surface area contributed by atoms with Gasteiger partial charge in [-0.2, -0.15) is 0 Å². The highest BCUT2D eigenvalue weighted by molar-refractivity contribution is 6.27. The highest BCUT2D eigenvalue weighted by atomic mass is 15.1. The van der Waals surface area contributed by atoms with Crippen molar-refractivity contribution in [2.24, 2.45) is 0 Å². The van der Waals surface area contributed by atoms with Crippen molar-refractivity contribution in [3.63, 3.8) is 0 Å². The van der Waals surface area contributed by atoms with Crippen LogP contribution in [0.2, 0.25) is 0 Å².